The van der Waals surface area contributed by atoms with Gasteiger partial charge in [-0.25, -0.2) is 14.4 Å². The molecule has 12 heteroatoms. The predicted octanol–water partition coefficient (Wildman–Crippen LogP) is 8.18. The van der Waals surface area contributed by atoms with E-state index in [1.54, 1.807) is 13.8 Å². The van der Waals surface area contributed by atoms with Crippen LogP contribution >= 0.6 is 7.92 Å². The van der Waals surface area contributed by atoms with Crippen molar-refractivity contribution in [2.45, 2.75) is 192 Å². The zero-order valence-electron chi connectivity index (χ0n) is 30.4. The number of hydroxylamine groups is 4. The van der Waals surface area contributed by atoms with E-state index in [0.717, 1.165) is 0 Å². The summed E-state index contributed by atoms with van der Waals surface area (Å²) in [5.74, 6) is 0. The number of carbonyl (C=O) groups is 3. The Hall–Kier alpha value is -1.36. The maximum absolute atomic E-state index is 14.1. The van der Waals surface area contributed by atoms with E-state index < -0.39 is 64.0 Å². The number of ether oxygens (including phenoxy) is 3. The topological polar surface area (TPSA) is 138 Å². The Morgan fingerprint density at radius 3 is 0.956 bits per heavy atom. The highest BCUT2D eigenvalue weighted by molar-refractivity contribution is 8.00. The maximum Gasteiger partial charge on any atom is 0.350 e. The summed E-state index contributed by atoms with van der Waals surface area (Å²) in [7, 11) is -2.88. The molecule has 45 heavy (non-hydrogen) atoms. The summed E-state index contributed by atoms with van der Waals surface area (Å²) in [6, 6.07) is 0. The molecular formula is C33H60N3O8P. The van der Waals surface area contributed by atoms with Crippen molar-refractivity contribution in [3.05, 3.63) is 0 Å². The van der Waals surface area contributed by atoms with Crippen LogP contribution in [0.5, 0.6) is 0 Å². The molecule has 3 rings (SSSR count). The molecule has 0 aromatic carbocycles. The van der Waals surface area contributed by atoms with Crippen molar-refractivity contribution in [1.29, 1.82) is 0 Å². The second kappa shape index (κ2) is 11.4. The van der Waals surface area contributed by atoms with Crippen LogP contribution < -0.4 is 5.32 Å². The molecule has 3 heterocycles. The fourth-order valence-electron chi connectivity index (χ4n) is 9.87. The van der Waals surface area contributed by atoms with E-state index in [-0.39, 0.29) is 36.8 Å². The van der Waals surface area contributed by atoms with Crippen molar-refractivity contribution < 1.29 is 39.0 Å². The molecule has 11 nitrogen and oxygen atoms in total. The van der Waals surface area contributed by atoms with E-state index in [4.69, 9.17) is 14.2 Å². The highest BCUT2D eigenvalue weighted by Crippen LogP contribution is 2.53. The molecule has 3 saturated heterocycles. The van der Waals surface area contributed by atoms with Crippen LogP contribution in [0, 0.1) is 0 Å². The molecule has 0 unspecified atom stereocenters. The Kier molecular flexibility index (Phi) is 9.62. The molecule has 0 aliphatic carbocycles. The summed E-state index contributed by atoms with van der Waals surface area (Å²) >= 11 is 0. The van der Waals surface area contributed by atoms with Gasteiger partial charge in [0, 0.05) is 71.8 Å². The summed E-state index contributed by atoms with van der Waals surface area (Å²) in [6.07, 6.45) is 2.05. The van der Waals surface area contributed by atoms with Gasteiger partial charge in [-0.05, 0) is 104 Å². The lowest BCUT2D eigenvalue weighted by atomic mass is 9.73. The molecular weight excluding hydrogens is 597 g/mol. The first-order chi connectivity index (χ1) is 19.8. The molecule has 3 aliphatic heterocycles. The minimum atomic E-state index is -2.88. The van der Waals surface area contributed by atoms with Gasteiger partial charge in [-0.15, -0.1) is 0 Å². The summed E-state index contributed by atoms with van der Waals surface area (Å²) in [6.45, 7) is 28.3. The second-order valence-corrected chi connectivity index (χ2v) is 20.4. The molecule has 0 atom stereocenters. The average molecular weight is 658 g/mol. The fourth-order valence-corrected chi connectivity index (χ4v) is 11.3. The second-order valence-electron chi connectivity index (χ2n) is 18.6. The molecule has 0 aromatic rings. The number of carbonyl (C=O) groups excluding carboxylic acids is 3. The van der Waals surface area contributed by atoms with Crippen LogP contribution in [-0.4, -0.2) is 87.7 Å². The SMILES string of the molecule is CC1(C)CC(C)(OC(=O)P(C(=O)OC2(C)CC(C)(C)N(O)C(C)(C)C2)C(=O)OC2(C)CC(C)(C)N(O)C(C)(C)C2)CC(C)(C)N1. The first-order valence-corrected chi connectivity index (χ1v) is 17.4. The van der Waals surface area contributed by atoms with Crippen molar-refractivity contribution in [2.24, 2.45) is 0 Å². The van der Waals surface area contributed by atoms with Crippen LogP contribution in [0.2, 0.25) is 0 Å². The molecule has 0 saturated carbocycles. The monoisotopic (exact) mass is 657 g/mol. The van der Waals surface area contributed by atoms with Crippen LogP contribution in [0.4, 0.5) is 14.4 Å². The third kappa shape index (κ3) is 8.39. The van der Waals surface area contributed by atoms with Gasteiger partial charge in [-0.3, -0.25) is 0 Å². The van der Waals surface area contributed by atoms with Gasteiger partial charge in [-0.2, -0.15) is 10.1 Å². The summed E-state index contributed by atoms with van der Waals surface area (Å²) in [5, 5.41) is 27.8. The zero-order valence-corrected chi connectivity index (χ0v) is 31.3. The summed E-state index contributed by atoms with van der Waals surface area (Å²) < 4.78 is 18.4. The predicted molar refractivity (Wildman–Crippen MR) is 174 cm³/mol. The van der Waals surface area contributed by atoms with Crippen LogP contribution in [-0.2, 0) is 14.2 Å². The van der Waals surface area contributed by atoms with E-state index in [1.165, 1.54) is 10.1 Å². The van der Waals surface area contributed by atoms with E-state index in [9.17, 15) is 24.8 Å². The molecule has 0 bridgehead atoms. The molecule has 0 aromatic heterocycles. The normalized spacial score (nSPS) is 28.9. The Morgan fingerprint density at radius 1 is 0.489 bits per heavy atom. The molecule has 0 spiro atoms. The molecule has 0 radical (unpaired) electrons. The van der Waals surface area contributed by atoms with Gasteiger partial charge in [-0.1, -0.05) is 0 Å². The van der Waals surface area contributed by atoms with Gasteiger partial charge in [0.25, 0.3) is 0 Å². The molecule has 260 valence electrons. The molecule has 3 fully saturated rings. The Bertz CT molecular complexity index is 1080. The summed E-state index contributed by atoms with van der Waals surface area (Å²) in [4.78, 5) is 42.4. The van der Waals surface area contributed by atoms with E-state index in [1.807, 2.05) is 90.0 Å². The standard InChI is InChI=1S/C33H60N3O8P/c1-25(2)16-31(13,17-26(3,4)34-25)42-22(37)45(23(38)43-32(14)18-27(5,6)35(40)28(7,8)19-32)24(39)44-33(15)20-29(9,10)36(41)30(11,12)21-33/h34,40-41H,16-21H2,1-15H3. The third-order valence-corrected chi connectivity index (χ3v) is 10.7. The molecule has 3 N–H and O–H groups in total. The largest absolute Gasteiger partial charge is 0.455 e. The van der Waals surface area contributed by atoms with Gasteiger partial charge in [0.1, 0.15) is 16.8 Å². The van der Waals surface area contributed by atoms with Crippen molar-refractivity contribution in [3.8, 4) is 0 Å². The van der Waals surface area contributed by atoms with Crippen LogP contribution in [0.3, 0.4) is 0 Å². The molecule has 0 amide bonds. The Labute approximate surface area is 271 Å². The van der Waals surface area contributed by atoms with Gasteiger partial charge in [0.2, 0.25) is 7.92 Å². The number of hydrogen-bond donors (Lipinski definition) is 3. The lowest BCUT2D eigenvalue weighted by Gasteiger charge is -2.55. The minimum Gasteiger partial charge on any atom is -0.455 e. The third-order valence-electron chi connectivity index (χ3n) is 9.38. The van der Waals surface area contributed by atoms with Crippen molar-refractivity contribution in [2.75, 3.05) is 0 Å². The first-order valence-electron chi connectivity index (χ1n) is 16.0. The Morgan fingerprint density at radius 2 is 0.711 bits per heavy atom. The van der Waals surface area contributed by atoms with E-state index in [0.29, 0.717) is 12.8 Å². The van der Waals surface area contributed by atoms with Gasteiger partial charge in [0.15, 0.2) is 0 Å². The highest BCUT2D eigenvalue weighted by Gasteiger charge is 2.57. The summed E-state index contributed by atoms with van der Waals surface area (Å²) in [5.41, 5.74) is -9.73. The fraction of sp³-hybridized carbons (Fsp3) is 0.909. The lowest BCUT2D eigenvalue weighted by molar-refractivity contribution is -0.270. The number of rotatable bonds is 6. The average Bonchev–Trinajstić information content (AvgIpc) is 2.70. The smallest absolute Gasteiger partial charge is 0.350 e. The Balaban J connectivity index is 1.98. The van der Waals surface area contributed by atoms with E-state index in [2.05, 4.69) is 5.32 Å². The minimum absolute atomic E-state index is 0.275. The van der Waals surface area contributed by atoms with Gasteiger partial charge < -0.3 is 29.9 Å². The van der Waals surface area contributed by atoms with Gasteiger partial charge >= 0.3 is 17.1 Å². The highest BCUT2D eigenvalue weighted by atomic mass is 31.1. The molecule has 3 aliphatic rings. The van der Waals surface area contributed by atoms with Crippen molar-refractivity contribution in [1.82, 2.24) is 15.4 Å². The number of piperidine rings is 3. The maximum atomic E-state index is 14.1. The number of hydrogen-bond acceptors (Lipinski definition) is 11. The van der Waals surface area contributed by atoms with Gasteiger partial charge in [0.05, 0.1) is 0 Å². The van der Waals surface area contributed by atoms with Crippen LogP contribution in [0.1, 0.15) is 142 Å². The van der Waals surface area contributed by atoms with Crippen LogP contribution in [0.25, 0.3) is 0 Å². The van der Waals surface area contributed by atoms with Crippen LogP contribution in [0.15, 0.2) is 0 Å². The van der Waals surface area contributed by atoms with Crippen molar-refractivity contribution >= 4 is 25.1 Å². The first kappa shape index (κ1) is 38.1. The number of nitrogens with zero attached hydrogens (tertiary/aromatic N) is 2. The van der Waals surface area contributed by atoms with Crippen molar-refractivity contribution in [3.63, 3.8) is 0 Å². The van der Waals surface area contributed by atoms with E-state index >= 15 is 0 Å². The zero-order chi connectivity index (χ0) is 35.0. The number of nitrogens with one attached hydrogen (secondary N) is 1. The quantitative estimate of drug-likeness (QED) is 0.188. The lowest BCUT2D eigenvalue weighted by Crippen LogP contribution is -2.64.